The number of pyridine rings is 1. The fourth-order valence-corrected chi connectivity index (χ4v) is 4.39. The molecule has 10 heteroatoms. The highest BCUT2D eigenvalue weighted by Crippen LogP contribution is 2.25. The molecule has 4 aromatic rings. The Labute approximate surface area is 188 Å². The molecule has 0 saturated heterocycles. The zero-order valence-electron chi connectivity index (χ0n) is 17.4. The van der Waals surface area contributed by atoms with Crippen molar-refractivity contribution in [3.63, 3.8) is 0 Å². The number of ketones is 1. The van der Waals surface area contributed by atoms with Crippen LogP contribution in [0.4, 0.5) is 14.5 Å². The number of aromatic nitrogens is 3. The number of benzene rings is 2. The predicted molar refractivity (Wildman–Crippen MR) is 120 cm³/mol. The van der Waals surface area contributed by atoms with Gasteiger partial charge in [0.1, 0.15) is 0 Å². The summed E-state index contributed by atoms with van der Waals surface area (Å²) in [5.41, 5.74) is 1.36. The second-order valence-corrected chi connectivity index (χ2v) is 9.11. The van der Waals surface area contributed by atoms with E-state index in [0.29, 0.717) is 29.2 Å². The van der Waals surface area contributed by atoms with Crippen LogP contribution in [0.2, 0.25) is 0 Å². The largest absolute Gasteiger partial charge is 0.288 e. The molecule has 0 radical (unpaired) electrons. The Bertz CT molecular complexity index is 1460. The number of nitrogens with zero attached hydrogens (tertiary/aromatic N) is 3. The standard InChI is InChI=1S/C23H18F2N4O3S/c1-2-8-33(31,32)29-16-10-17(22(25)18(24)11-16)23(30)14-5-6-19-20(9-14)28-21(13-27-19)15-4-3-7-26-12-15/h3-7,9-13,29H,2,8H2,1H3. The Balaban J connectivity index is 1.73. The summed E-state index contributed by atoms with van der Waals surface area (Å²) in [7, 11) is -3.76. The van der Waals surface area contributed by atoms with Gasteiger partial charge in [-0.25, -0.2) is 22.2 Å². The Morgan fingerprint density at radius 3 is 2.61 bits per heavy atom. The van der Waals surface area contributed by atoms with Crippen LogP contribution >= 0.6 is 0 Å². The van der Waals surface area contributed by atoms with Gasteiger partial charge in [-0.2, -0.15) is 0 Å². The van der Waals surface area contributed by atoms with Crippen molar-refractivity contribution in [1.82, 2.24) is 15.0 Å². The number of rotatable bonds is 7. The fourth-order valence-electron chi connectivity index (χ4n) is 3.27. The summed E-state index contributed by atoms with van der Waals surface area (Å²) < 4.78 is 54.9. The van der Waals surface area contributed by atoms with Crippen molar-refractivity contribution in [3.8, 4) is 11.3 Å². The Morgan fingerprint density at radius 2 is 1.88 bits per heavy atom. The second-order valence-electron chi connectivity index (χ2n) is 7.27. The molecule has 0 unspecified atom stereocenters. The topological polar surface area (TPSA) is 102 Å². The second kappa shape index (κ2) is 8.99. The van der Waals surface area contributed by atoms with E-state index in [2.05, 4.69) is 19.7 Å². The van der Waals surface area contributed by atoms with Gasteiger partial charge in [-0.3, -0.25) is 19.5 Å². The Kier molecular flexibility index (Phi) is 6.10. The van der Waals surface area contributed by atoms with Crippen molar-refractivity contribution < 1.29 is 22.0 Å². The van der Waals surface area contributed by atoms with Crippen molar-refractivity contribution in [1.29, 1.82) is 0 Å². The number of fused-ring (bicyclic) bond motifs is 1. The maximum absolute atomic E-state index is 14.5. The van der Waals surface area contributed by atoms with E-state index in [1.165, 1.54) is 12.1 Å². The number of carbonyl (C=O) groups excluding carboxylic acids is 1. The smallest absolute Gasteiger partial charge is 0.232 e. The van der Waals surface area contributed by atoms with Gasteiger partial charge in [0.15, 0.2) is 17.4 Å². The van der Waals surface area contributed by atoms with Crippen LogP contribution < -0.4 is 4.72 Å². The quantitative estimate of drug-likeness (QED) is 0.405. The van der Waals surface area contributed by atoms with Crippen LogP contribution in [0, 0.1) is 11.6 Å². The maximum Gasteiger partial charge on any atom is 0.232 e. The molecule has 0 aliphatic rings. The lowest BCUT2D eigenvalue weighted by Gasteiger charge is -2.11. The highest BCUT2D eigenvalue weighted by molar-refractivity contribution is 7.92. The molecule has 0 amide bonds. The summed E-state index contributed by atoms with van der Waals surface area (Å²) >= 11 is 0. The van der Waals surface area contributed by atoms with E-state index in [1.54, 1.807) is 43.7 Å². The lowest BCUT2D eigenvalue weighted by Crippen LogP contribution is -2.17. The Hall–Kier alpha value is -3.79. The lowest BCUT2D eigenvalue weighted by atomic mass is 10.0. The van der Waals surface area contributed by atoms with E-state index >= 15 is 0 Å². The van der Waals surface area contributed by atoms with E-state index in [0.717, 1.165) is 11.6 Å². The zero-order valence-corrected chi connectivity index (χ0v) is 18.2. The lowest BCUT2D eigenvalue weighted by molar-refractivity contribution is 0.103. The number of hydrogen-bond donors (Lipinski definition) is 1. The van der Waals surface area contributed by atoms with E-state index in [-0.39, 0.29) is 17.0 Å². The van der Waals surface area contributed by atoms with Crippen molar-refractivity contribution >= 4 is 32.5 Å². The van der Waals surface area contributed by atoms with E-state index < -0.39 is 33.0 Å². The normalized spacial score (nSPS) is 11.5. The summed E-state index contributed by atoms with van der Waals surface area (Å²) in [5.74, 6) is -3.72. The van der Waals surface area contributed by atoms with E-state index in [4.69, 9.17) is 0 Å². The van der Waals surface area contributed by atoms with Crippen LogP contribution in [-0.2, 0) is 10.0 Å². The number of hydrogen-bond acceptors (Lipinski definition) is 6. The molecule has 7 nitrogen and oxygen atoms in total. The SMILES string of the molecule is CCCS(=O)(=O)Nc1cc(F)c(F)c(C(=O)c2ccc3ncc(-c4cccnc4)nc3c2)c1. The van der Waals surface area contributed by atoms with Gasteiger partial charge < -0.3 is 0 Å². The third-order valence-corrected chi connectivity index (χ3v) is 6.27. The number of nitrogens with one attached hydrogen (secondary N) is 1. The molecule has 0 atom stereocenters. The zero-order chi connectivity index (χ0) is 23.6. The highest BCUT2D eigenvalue weighted by Gasteiger charge is 2.21. The minimum atomic E-state index is -3.76. The average molecular weight is 468 g/mol. The summed E-state index contributed by atoms with van der Waals surface area (Å²) in [4.78, 5) is 25.9. The molecule has 168 valence electrons. The molecular weight excluding hydrogens is 450 g/mol. The van der Waals surface area contributed by atoms with Crippen molar-refractivity contribution in [3.05, 3.63) is 83.8 Å². The first-order valence-corrected chi connectivity index (χ1v) is 11.6. The maximum atomic E-state index is 14.5. The molecular formula is C23H18F2N4O3S. The first kappa shape index (κ1) is 22.4. The van der Waals surface area contributed by atoms with Crippen LogP contribution in [0.25, 0.3) is 22.3 Å². The third-order valence-electron chi connectivity index (χ3n) is 4.78. The average Bonchev–Trinajstić information content (AvgIpc) is 2.80. The molecule has 2 heterocycles. The number of anilines is 1. The van der Waals surface area contributed by atoms with Gasteiger partial charge >= 0.3 is 0 Å². The molecule has 0 spiro atoms. The van der Waals surface area contributed by atoms with Crippen molar-refractivity contribution in [2.45, 2.75) is 13.3 Å². The number of halogens is 2. The van der Waals surface area contributed by atoms with Crippen LogP contribution in [0.1, 0.15) is 29.3 Å². The predicted octanol–water partition coefficient (Wildman–Crippen LogP) is 4.35. The highest BCUT2D eigenvalue weighted by atomic mass is 32.2. The Morgan fingerprint density at radius 1 is 1.06 bits per heavy atom. The van der Waals surface area contributed by atoms with Gasteiger partial charge in [-0.1, -0.05) is 6.92 Å². The monoisotopic (exact) mass is 468 g/mol. The summed E-state index contributed by atoms with van der Waals surface area (Å²) in [6.45, 7) is 1.67. The van der Waals surface area contributed by atoms with Crippen LogP contribution in [0.3, 0.4) is 0 Å². The van der Waals surface area contributed by atoms with Crippen LogP contribution in [0.15, 0.2) is 61.1 Å². The molecule has 0 aliphatic heterocycles. The first-order valence-electron chi connectivity index (χ1n) is 9.99. The molecule has 0 saturated carbocycles. The molecule has 4 rings (SSSR count). The van der Waals surface area contributed by atoms with Gasteiger partial charge in [-0.15, -0.1) is 0 Å². The van der Waals surface area contributed by atoms with E-state index in [1.807, 2.05) is 0 Å². The minimum absolute atomic E-state index is 0.0482. The van der Waals surface area contributed by atoms with Gasteiger partial charge in [0, 0.05) is 29.6 Å². The molecule has 33 heavy (non-hydrogen) atoms. The van der Waals surface area contributed by atoms with Gasteiger partial charge in [0.25, 0.3) is 0 Å². The molecule has 2 aromatic heterocycles. The van der Waals surface area contributed by atoms with Crippen LogP contribution in [0.5, 0.6) is 0 Å². The molecule has 1 N–H and O–H groups in total. The minimum Gasteiger partial charge on any atom is -0.288 e. The fraction of sp³-hybridized carbons (Fsp3) is 0.130. The molecule has 0 fully saturated rings. The first-order chi connectivity index (χ1) is 15.8. The van der Waals surface area contributed by atoms with E-state index in [9.17, 15) is 22.0 Å². The number of sulfonamides is 1. The molecule has 2 aromatic carbocycles. The van der Waals surface area contributed by atoms with Gasteiger partial charge in [0.05, 0.1) is 39.9 Å². The summed E-state index contributed by atoms with van der Waals surface area (Å²) in [6, 6.07) is 9.64. The van der Waals surface area contributed by atoms with Gasteiger partial charge in [-0.05, 0) is 42.8 Å². The summed E-state index contributed by atoms with van der Waals surface area (Å²) in [5, 5.41) is 0. The molecule has 0 bridgehead atoms. The van der Waals surface area contributed by atoms with Gasteiger partial charge in [0.2, 0.25) is 10.0 Å². The number of carbonyl (C=O) groups is 1. The van der Waals surface area contributed by atoms with Crippen molar-refractivity contribution in [2.24, 2.45) is 0 Å². The van der Waals surface area contributed by atoms with Crippen molar-refractivity contribution in [2.75, 3.05) is 10.5 Å². The molecule has 0 aliphatic carbocycles. The van der Waals surface area contributed by atoms with Crippen LogP contribution in [-0.4, -0.2) is 34.9 Å². The summed E-state index contributed by atoms with van der Waals surface area (Å²) in [6.07, 6.45) is 5.15. The third kappa shape index (κ3) is 4.85.